The predicted molar refractivity (Wildman–Crippen MR) is 129 cm³/mol. The van der Waals surface area contributed by atoms with E-state index in [4.69, 9.17) is 9.47 Å². The van der Waals surface area contributed by atoms with Crippen molar-refractivity contribution in [2.75, 3.05) is 13.7 Å². The number of amides is 1. The fourth-order valence-electron chi connectivity index (χ4n) is 4.81. The Hall–Kier alpha value is -4.07. The van der Waals surface area contributed by atoms with Gasteiger partial charge in [0, 0.05) is 37.5 Å². The van der Waals surface area contributed by atoms with Gasteiger partial charge in [-0.1, -0.05) is 12.1 Å². The number of carbonyl (C=O) groups excluding carboxylic acids is 2. The van der Waals surface area contributed by atoms with E-state index < -0.39 is 17.7 Å². The summed E-state index contributed by atoms with van der Waals surface area (Å²) in [6, 6.07) is 11.9. The molecule has 1 saturated heterocycles. The number of benzene rings is 2. The molecule has 8 heteroatoms. The molecular formula is C27H27N3O5. The van der Waals surface area contributed by atoms with Crippen LogP contribution in [-0.4, -0.2) is 51.0 Å². The lowest BCUT2D eigenvalue weighted by molar-refractivity contribution is -0.139. The van der Waals surface area contributed by atoms with Gasteiger partial charge in [0.25, 0.3) is 11.7 Å². The van der Waals surface area contributed by atoms with Gasteiger partial charge in [-0.3, -0.25) is 9.59 Å². The Kier molecular flexibility index (Phi) is 6.03. The molecule has 0 radical (unpaired) electrons. The molecular weight excluding hydrogens is 446 g/mol. The Bertz CT molecular complexity index is 1280. The topological polar surface area (TPSA) is 93.9 Å². The van der Waals surface area contributed by atoms with Gasteiger partial charge < -0.3 is 24.0 Å². The summed E-state index contributed by atoms with van der Waals surface area (Å²) in [5.41, 5.74) is 2.29. The number of aliphatic hydroxyl groups is 1. The number of ketones is 1. The average Bonchev–Trinajstić information content (AvgIpc) is 3.57. The van der Waals surface area contributed by atoms with Crippen LogP contribution in [0.4, 0.5) is 0 Å². The van der Waals surface area contributed by atoms with Gasteiger partial charge in [0.1, 0.15) is 23.4 Å². The SMILES string of the molecule is COc1ccc([C@@H]2C(=C(O)c3ccc4c(c3)C[C@@H](C)O4)C(=O)C(=O)N2CCCn2ccnc2)cc1. The highest BCUT2D eigenvalue weighted by atomic mass is 16.5. The lowest BCUT2D eigenvalue weighted by Gasteiger charge is -2.25. The van der Waals surface area contributed by atoms with Crippen LogP contribution in [0.15, 0.2) is 66.8 Å². The molecule has 1 aromatic heterocycles. The van der Waals surface area contributed by atoms with Crippen LogP contribution in [-0.2, 0) is 22.6 Å². The van der Waals surface area contributed by atoms with Crippen molar-refractivity contribution in [3.8, 4) is 11.5 Å². The van der Waals surface area contributed by atoms with E-state index in [1.165, 1.54) is 0 Å². The normalized spacial score (nSPS) is 20.7. The number of aryl methyl sites for hydroxylation is 1. The highest BCUT2D eigenvalue weighted by Gasteiger charge is 2.45. The third-order valence-electron chi connectivity index (χ3n) is 6.52. The molecule has 2 aliphatic rings. The molecule has 5 rings (SSSR count). The number of hydrogen-bond donors (Lipinski definition) is 1. The van der Waals surface area contributed by atoms with Crippen LogP contribution in [0.3, 0.4) is 0 Å². The Morgan fingerprint density at radius 2 is 1.97 bits per heavy atom. The van der Waals surface area contributed by atoms with E-state index in [-0.39, 0.29) is 17.4 Å². The first-order valence-electron chi connectivity index (χ1n) is 11.6. The number of carbonyl (C=O) groups is 2. The molecule has 2 aliphatic heterocycles. The fraction of sp³-hybridized carbons (Fsp3) is 0.296. The maximum absolute atomic E-state index is 13.2. The van der Waals surface area contributed by atoms with E-state index in [1.807, 2.05) is 35.9 Å². The van der Waals surface area contributed by atoms with E-state index in [9.17, 15) is 14.7 Å². The summed E-state index contributed by atoms with van der Waals surface area (Å²) < 4.78 is 13.0. The lowest BCUT2D eigenvalue weighted by Crippen LogP contribution is -2.31. The van der Waals surface area contributed by atoms with Crippen molar-refractivity contribution in [2.45, 2.75) is 38.5 Å². The van der Waals surface area contributed by atoms with Gasteiger partial charge in [-0.2, -0.15) is 0 Å². The quantitative estimate of drug-likeness (QED) is 0.319. The van der Waals surface area contributed by atoms with Crippen LogP contribution in [0.2, 0.25) is 0 Å². The smallest absolute Gasteiger partial charge is 0.295 e. The maximum atomic E-state index is 13.2. The fourth-order valence-corrected chi connectivity index (χ4v) is 4.81. The molecule has 8 nitrogen and oxygen atoms in total. The lowest BCUT2D eigenvalue weighted by atomic mass is 9.94. The second-order valence-corrected chi connectivity index (χ2v) is 8.87. The van der Waals surface area contributed by atoms with Crippen LogP contribution >= 0.6 is 0 Å². The number of Topliss-reactive ketones (excluding diaryl/α,β-unsaturated/α-hetero) is 1. The van der Waals surface area contributed by atoms with Crippen LogP contribution in [0.5, 0.6) is 11.5 Å². The van der Waals surface area contributed by atoms with E-state index in [2.05, 4.69) is 4.98 Å². The Labute approximate surface area is 203 Å². The summed E-state index contributed by atoms with van der Waals surface area (Å²) >= 11 is 0. The van der Waals surface area contributed by atoms with Crippen molar-refractivity contribution in [2.24, 2.45) is 0 Å². The number of methoxy groups -OCH3 is 1. The monoisotopic (exact) mass is 473 g/mol. The minimum absolute atomic E-state index is 0.0581. The Balaban J connectivity index is 1.53. The first-order valence-corrected chi connectivity index (χ1v) is 11.6. The third kappa shape index (κ3) is 4.27. The zero-order valence-corrected chi connectivity index (χ0v) is 19.7. The van der Waals surface area contributed by atoms with Crippen LogP contribution < -0.4 is 9.47 Å². The van der Waals surface area contributed by atoms with Gasteiger partial charge in [-0.25, -0.2) is 4.98 Å². The molecule has 35 heavy (non-hydrogen) atoms. The number of ether oxygens (including phenoxy) is 2. The number of fused-ring (bicyclic) bond motifs is 1. The van der Waals surface area contributed by atoms with Gasteiger partial charge >= 0.3 is 0 Å². The van der Waals surface area contributed by atoms with Gasteiger partial charge in [-0.05, 0) is 54.8 Å². The Morgan fingerprint density at radius 1 is 1.17 bits per heavy atom. The summed E-state index contributed by atoms with van der Waals surface area (Å²) in [5.74, 6) is -0.0323. The van der Waals surface area contributed by atoms with Crippen molar-refractivity contribution in [3.05, 3.63) is 83.4 Å². The molecule has 1 N–H and O–H groups in total. The minimum atomic E-state index is -0.702. The molecule has 0 bridgehead atoms. The molecule has 3 heterocycles. The van der Waals surface area contributed by atoms with Crippen LogP contribution in [0.1, 0.15) is 36.1 Å². The summed E-state index contributed by atoms with van der Waals surface area (Å²) in [4.78, 5) is 32.0. The number of likely N-dealkylation sites (tertiary alicyclic amines) is 1. The number of hydrogen-bond acceptors (Lipinski definition) is 6. The molecule has 1 fully saturated rings. The second-order valence-electron chi connectivity index (χ2n) is 8.87. The zero-order valence-electron chi connectivity index (χ0n) is 19.7. The number of nitrogens with zero attached hydrogens (tertiary/aromatic N) is 3. The van der Waals surface area contributed by atoms with E-state index >= 15 is 0 Å². The van der Waals surface area contributed by atoms with Gasteiger partial charge in [-0.15, -0.1) is 0 Å². The molecule has 0 saturated carbocycles. The molecule has 180 valence electrons. The van der Waals surface area contributed by atoms with Crippen LogP contribution in [0.25, 0.3) is 5.76 Å². The number of aliphatic hydroxyl groups excluding tert-OH is 1. The van der Waals surface area contributed by atoms with Gasteiger partial charge in [0.05, 0.1) is 25.1 Å². The summed E-state index contributed by atoms with van der Waals surface area (Å²) in [6.45, 7) is 2.99. The maximum Gasteiger partial charge on any atom is 0.295 e. The first kappa shape index (κ1) is 22.7. The first-order chi connectivity index (χ1) is 17.0. The number of aromatic nitrogens is 2. The third-order valence-corrected chi connectivity index (χ3v) is 6.52. The number of rotatable bonds is 7. The molecule has 1 amide bonds. The van der Waals surface area contributed by atoms with Crippen LogP contribution in [0, 0.1) is 0 Å². The van der Waals surface area contributed by atoms with Gasteiger partial charge in [0.2, 0.25) is 0 Å². The molecule has 0 unspecified atom stereocenters. The summed E-state index contributed by atoms with van der Waals surface area (Å²) in [6.07, 6.45) is 6.68. The van der Waals surface area contributed by atoms with Gasteiger partial charge in [0.15, 0.2) is 0 Å². The molecule has 2 atom stereocenters. The highest BCUT2D eigenvalue weighted by Crippen LogP contribution is 2.41. The van der Waals surface area contributed by atoms with Crippen molar-refractivity contribution in [1.82, 2.24) is 14.5 Å². The van der Waals surface area contributed by atoms with Crippen molar-refractivity contribution >= 4 is 17.4 Å². The van der Waals surface area contributed by atoms with E-state index in [0.717, 1.165) is 23.3 Å². The zero-order chi connectivity index (χ0) is 24.5. The molecule has 3 aromatic rings. The summed E-state index contributed by atoms with van der Waals surface area (Å²) in [7, 11) is 1.58. The standard InChI is InChI=1S/C27H27N3O5/c1-17-14-20-15-19(6-9-22(20)35-17)25(31)23-24(18-4-7-21(34-2)8-5-18)30(27(33)26(23)32)12-3-11-29-13-10-28-16-29/h4-10,13,15-17,24,31H,3,11-12,14H2,1-2H3/t17-,24-/m1/s1. The average molecular weight is 474 g/mol. The van der Waals surface area contributed by atoms with Crippen molar-refractivity contribution < 1.29 is 24.2 Å². The second kappa shape index (κ2) is 9.29. The molecule has 0 spiro atoms. The number of imidazole rings is 1. The van der Waals surface area contributed by atoms with Crippen molar-refractivity contribution in [3.63, 3.8) is 0 Å². The minimum Gasteiger partial charge on any atom is -0.507 e. The summed E-state index contributed by atoms with van der Waals surface area (Å²) in [5, 5.41) is 11.3. The molecule has 2 aromatic carbocycles. The molecule has 0 aliphatic carbocycles. The van der Waals surface area contributed by atoms with E-state index in [1.54, 1.807) is 48.8 Å². The largest absolute Gasteiger partial charge is 0.507 e. The van der Waals surface area contributed by atoms with E-state index in [0.29, 0.717) is 30.8 Å². The predicted octanol–water partition coefficient (Wildman–Crippen LogP) is 3.73. The highest BCUT2D eigenvalue weighted by molar-refractivity contribution is 6.46. The van der Waals surface area contributed by atoms with Crippen molar-refractivity contribution in [1.29, 1.82) is 0 Å². The Morgan fingerprint density at radius 3 is 2.69 bits per heavy atom.